The molecular formula is C18H31N7O2. The summed E-state index contributed by atoms with van der Waals surface area (Å²) in [6, 6.07) is -0.459. The van der Waals surface area contributed by atoms with E-state index in [0.717, 1.165) is 19.4 Å². The van der Waals surface area contributed by atoms with Crippen molar-refractivity contribution < 1.29 is 9.59 Å². The van der Waals surface area contributed by atoms with Crippen molar-refractivity contribution >= 4 is 11.8 Å². The number of likely N-dealkylation sites (tertiary alicyclic amines) is 1. The number of likely N-dealkylation sites (N-methyl/N-ethyl adjacent to an activating group) is 1. The van der Waals surface area contributed by atoms with Crippen LogP contribution in [0.25, 0.3) is 0 Å². The van der Waals surface area contributed by atoms with Crippen molar-refractivity contribution in [3.8, 4) is 0 Å². The topological polar surface area (TPSA) is 87.5 Å². The fourth-order valence-corrected chi connectivity index (χ4v) is 3.90. The molecule has 27 heavy (non-hydrogen) atoms. The van der Waals surface area contributed by atoms with E-state index in [-0.39, 0.29) is 23.3 Å². The van der Waals surface area contributed by atoms with Gasteiger partial charge in [0.25, 0.3) is 0 Å². The van der Waals surface area contributed by atoms with Gasteiger partial charge in [-0.1, -0.05) is 20.8 Å². The van der Waals surface area contributed by atoms with Crippen LogP contribution in [0.3, 0.4) is 0 Å². The number of rotatable bonds is 3. The molecule has 0 spiro atoms. The summed E-state index contributed by atoms with van der Waals surface area (Å²) in [6.45, 7) is 11.2. The number of hydrogen-bond acceptors (Lipinski definition) is 6. The molecule has 9 nitrogen and oxygen atoms in total. The highest BCUT2D eigenvalue weighted by Gasteiger charge is 2.35. The highest BCUT2D eigenvalue weighted by atomic mass is 16.2. The van der Waals surface area contributed by atoms with Crippen molar-refractivity contribution in [1.29, 1.82) is 0 Å². The lowest BCUT2D eigenvalue weighted by atomic mass is 9.95. The molecule has 2 fully saturated rings. The molecule has 3 rings (SSSR count). The van der Waals surface area contributed by atoms with Crippen LogP contribution in [0.4, 0.5) is 0 Å². The summed E-state index contributed by atoms with van der Waals surface area (Å²) in [7, 11) is 2.01. The van der Waals surface area contributed by atoms with Gasteiger partial charge in [0.1, 0.15) is 6.04 Å². The molecule has 2 saturated heterocycles. The van der Waals surface area contributed by atoms with Gasteiger partial charge in [-0.2, -0.15) is 0 Å². The Bertz CT molecular complexity index is 688. The van der Waals surface area contributed by atoms with Crippen LogP contribution >= 0.6 is 0 Å². The van der Waals surface area contributed by atoms with E-state index in [1.54, 1.807) is 4.68 Å². The molecule has 9 heteroatoms. The summed E-state index contributed by atoms with van der Waals surface area (Å²) < 4.78 is 1.62. The van der Waals surface area contributed by atoms with Gasteiger partial charge >= 0.3 is 0 Å². The van der Waals surface area contributed by atoms with Crippen LogP contribution < -0.4 is 0 Å². The molecule has 2 aliphatic heterocycles. The van der Waals surface area contributed by atoms with Crippen LogP contribution in [0, 0.1) is 0 Å². The Morgan fingerprint density at radius 2 is 1.70 bits per heavy atom. The minimum absolute atomic E-state index is 0.00161. The van der Waals surface area contributed by atoms with Crippen molar-refractivity contribution in [3.05, 3.63) is 5.82 Å². The number of hydrogen-bond donors (Lipinski definition) is 0. The number of carbonyl (C=O) groups is 2. The van der Waals surface area contributed by atoms with E-state index in [0.29, 0.717) is 32.0 Å². The zero-order valence-corrected chi connectivity index (χ0v) is 17.1. The van der Waals surface area contributed by atoms with Crippen LogP contribution in [0.15, 0.2) is 0 Å². The lowest BCUT2D eigenvalue weighted by molar-refractivity contribution is -0.143. The first-order valence-corrected chi connectivity index (χ1v) is 9.76. The molecule has 150 valence electrons. The van der Waals surface area contributed by atoms with Crippen molar-refractivity contribution in [2.24, 2.45) is 0 Å². The fourth-order valence-electron chi connectivity index (χ4n) is 3.90. The molecule has 0 bridgehead atoms. The number of nitrogens with zero attached hydrogens (tertiary/aromatic N) is 7. The van der Waals surface area contributed by atoms with Crippen LogP contribution in [0.2, 0.25) is 0 Å². The van der Waals surface area contributed by atoms with Crippen LogP contribution in [-0.2, 0) is 15.0 Å². The van der Waals surface area contributed by atoms with Crippen LogP contribution in [-0.4, -0.2) is 92.5 Å². The third kappa shape index (κ3) is 3.97. The minimum Gasteiger partial charge on any atom is -0.338 e. The Balaban J connectivity index is 1.60. The number of tetrazole rings is 1. The van der Waals surface area contributed by atoms with Gasteiger partial charge < -0.3 is 9.80 Å². The van der Waals surface area contributed by atoms with Gasteiger partial charge in [0.15, 0.2) is 5.82 Å². The van der Waals surface area contributed by atoms with Gasteiger partial charge in [0.05, 0.1) is 6.04 Å². The zero-order chi connectivity index (χ0) is 19.8. The van der Waals surface area contributed by atoms with Gasteiger partial charge in [-0.3, -0.25) is 14.5 Å². The van der Waals surface area contributed by atoms with Gasteiger partial charge in [-0.05, 0) is 43.8 Å². The first-order chi connectivity index (χ1) is 12.7. The molecule has 0 aromatic carbocycles. The van der Waals surface area contributed by atoms with E-state index in [1.807, 2.05) is 44.5 Å². The molecule has 0 N–H and O–H groups in total. The molecule has 0 radical (unpaired) electrons. The van der Waals surface area contributed by atoms with Crippen molar-refractivity contribution in [3.63, 3.8) is 0 Å². The van der Waals surface area contributed by atoms with E-state index in [4.69, 9.17) is 0 Å². The van der Waals surface area contributed by atoms with Crippen LogP contribution in [0.5, 0.6) is 0 Å². The quantitative estimate of drug-likeness (QED) is 0.753. The van der Waals surface area contributed by atoms with E-state index in [2.05, 4.69) is 20.4 Å². The minimum atomic E-state index is -0.461. The van der Waals surface area contributed by atoms with Crippen molar-refractivity contribution in [2.75, 3.05) is 39.8 Å². The molecule has 2 aliphatic rings. The summed E-state index contributed by atoms with van der Waals surface area (Å²) in [5.74, 6) is 0.893. The smallest absolute Gasteiger partial charge is 0.247 e. The fraction of sp³-hybridized carbons (Fsp3) is 0.833. The molecule has 0 aliphatic carbocycles. The standard InChI is InChI=1S/C18H31N7O2/c1-13(25-17(18(2,3)4)19-20-21-25)15(26)23-9-11-24(12-10-23)16(27)14-7-6-8-22(14)5/h13-14H,6-12H2,1-5H3. The first kappa shape index (κ1) is 19.7. The predicted molar refractivity (Wildman–Crippen MR) is 100 cm³/mol. The van der Waals surface area contributed by atoms with E-state index in [1.165, 1.54) is 0 Å². The Labute approximate surface area is 160 Å². The monoisotopic (exact) mass is 377 g/mol. The number of piperazine rings is 1. The van der Waals surface area contributed by atoms with Gasteiger partial charge in [0.2, 0.25) is 11.8 Å². The third-order valence-corrected chi connectivity index (χ3v) is 5.60. The zero-order valence-electron chi connectivity index (χ0n) is 17.1. The molecule has 2 unspecified atom stereocenters. The molecule has 3 heterocycles. The average Bonchev–Trinajstić information content (AvgIpc) is 3.28. The predicted octanol–water partition coefficient (Wildman–Crippen LogP) is 0.297. The summed E-state index contributed by atoms with van der Waals surface area (Å²) in [5.41, 5.74) is -0.240. The van der Waals surface area contributed by atoms with Gasteiger partial charge in [0, 0.05) is 31.6 Å². The van der Waals surface area contributed by atoms with E-state index >= 15 is 0 Å². The second kappa shape index (κ2) is 7.53. The Morgan fingerprint density at radius 1 is 1.07 bits per heavy atom. The maximum Gasteiger partial charge on any atom is 0.247 e. The molecule has 1 aromatic rings. The highest BCUT2D eigenvalue weighted by Crippen LogP contribution is 2.23. The largest absolute Gasteiger partial charge is 0.338 e. The summed E-state index contributed by atoms with van der Waals surface area (Å²) in [5, 5.41) is 11.9. The van der Waals surface area contributed by atoms with Crippen molar-refractivity contribution in [2.45, 2.75) is 58.0 Å². The Morgan fingerprint density at radius 3 is 2.26 bits per heavy atom. The molecule has 2 atom stereocenters. The Hall–Kier alpha value is -2.03. The third-order valence-electron chi connectivity index (χ3n) is 5.60. The molecule has 2 amide bonds. The van der Waals surface area contributed by atoms with Gasteiger partial charge in [-0.15, -0.1) is 5.10 Å². The van der Waals surface area contributed by atoms with Gasteiger partial charge in [-0.25, -0.2) is 4.68 Å². The molecule has 1 aromatic heterocycles. The number of carbonyl (C=O) groups excluding carboxylic acids is 2. The number of aromatic nitrogens is 4. The highest BCUT2D eigenvalue weighted by molar-refractivity contribution is 5.83. The maximum absolute atomic E-state index is 13.0. The summed E-state index contributed by atoms with van der Waals surface area (Å²) in [6.07, 6.45) is 2.01. The van der Waals surface area contributed by atoms with E-state index < -0.39 is 6.04 Å². The second-order valence-corrected chi connectivity index (χ2v) is 8.66. The maximum atomic E-state index is 13.0. The number of amides is 2. The molecular weight excluding hydrogens is 346 g/mol. The van der Waals surface area contributed by atoms with E-state index in [9.17, 15) is 9.59 Å². The lowest BCUT2D eigenvalue weighted by Gasteiger charge is -2.37. The summed E-state index contributed by atoms with van der Waals surface area (Å²) in [4.78, 5) is 31.5. The average molecular weight is 377 g/mol. The second-order valence-electron chi connectivity index (χ2n) is 8.66. The molecule has 0 saturated carbocycles. The normalized spacial score (nSPS) is 22.9. The summed E-state index contributed by atoms with van der Waals surface area (Å²) >= 11 is 0. The SMILES string of the molecule is CC(C(=O)N1CCN(C(=O)C2CCCN2C)CC1)n1nnnc1C(C)(C)C. The van der Waals surface area contributed by atoms with Crippen molar-refractivity contribution in [1.82, 2.24) is 34.9 Å². The van der Waals surface area contributed by atoms with Crippen LogP contribution in [0.1, 0.15) is 52.4 Å². The first-order valence-electron chi connectivity index (χ1n) is 9.76. The Kier molecular flexibility index (Phi) is 5.50. The lowest BCUT2D eigenvalue weighted by Crippen LogP contribution is -2.55.